The van der Waals surface area contributed by atoms with Crippen LogP contribution in [0.25, 0.3) is 0 Å². The SMILES string of the molecule is CC(CCN)C(=O)NC1CCCCC1C(=O)O. The summed E-state index contributed by atoms with van der Waals surface area (Å²) in [4.78, 5) is 22.9. The van der Waals surface area contributed by atoms with Crippen LogP contribution in [0.3, 0.4) is 0 Å². The summed E-state index contributed by atoms with van der Waals surface area (Å²) < 4.78 is 0. The van der Waals surface area contributed by atoms with Crippen LogP contribution >= 0.6 is 0 Å². The maximum Gasteiger partial charge on any atom is 0.308 e. The normalized spacial score (nSPS) is 26.2. The molecule has 1 rings (SSSR count). The van der Waals surface area contributed by atoms with Crippen LogP contribution in [-0.4, -0.2) is 29.6 Å². The number of rotatable bonds is 5. The van der Waals surface area contributed by atoms with E-state index in [1.54, 1.807) is 0 Å². The molecule has 1 aliphatic carbocycles. The average molecular weight is 242 g/mol. The highest BCUT2D eigenvalue weighted by Crippen LogP contribution is 2.25. The first kappa shape index (κ1) is 14.0. The first-order chi connectivity index (χ1) is 8.06. The van der Waals surface area contributed by atoms with Crippen LogP contribution in [0.4, 0.5) is 0 Å². The zero-order valence-corrected chi connectivity index (χ0v) is 10.3. The van der Waals surface area contributed by atoms with Crippen LogP contribution in [0.1, 0.15) is 39.0 Å². The van der Waals surface area contributed by atoms with Gasteiger partial charge in [-0.15, -0.1) is 0 Å². The first-order valence-electron chi connectivity index (χ1n) is 6.29. The van der Waals surface area contributed by atoms with Gasteiger partial charge < -0.3 is 16.2 Å². The molecule has 1 amide bonds. The summed E-state index contributed by atoms with van der Waals surface area (Å²) in [6.07, 6.45) is 3.97. The van der Waals surface area contributed by atoms with Gasteiger partial charge in [-0.3, -0.25) is 9.59 Å². The molecule has 1 aliphatic rings. The Morgan fingerprint density at radius 2 is 2.06 bits per heavy atom. The Balaban J connectivity index is 2.52. The molecule has 1 saturated carbocycles. The van der Waals surface area contributed by atoms with Gasteiger partial charge in [-0.05, 0) is 25.8 Å². The van der Waals surface area contributed by atoms with Crippen molar-refractivity contribution >= 4 is 11.9 Å². The van der Waals surface area contributed by atoms with E-state index in [4.69, 9.17) is 10.8 Å². The van der Waals surface area contributed by atoms with Crippen molar-refractivity contribution in [3.63, 3.8) is 0 Å². The van der Waals surface area contributed by atoms with Crippen molar-refractivity contribution in [2.45, 2.75) is 45.1 Å². The Kier molecular flexibility index (Phi) is 5.41. The Hall–Kier alpha value is -1.10. The monoisotopic (exact) mass is 242 g/mol. The highest BCUT2D eigenvalue weighted by Gasteiger charge is 2.32. The largest absolute Gasteiger partial charge is 0.481 e. The van der Waals surface area contributed by atoms with Gasteiger partial charge in [0.25, 0.3) is 0 Å². The molecule has 0 spiro atoms. The summed E-state index contributed by atoms with van der Waals surface area (Å²) in [5, 5.41) is 12.0. The summed E-state index contributed by atoms with van der Waals surface area (Å²) in [7, 11) is 0. The Bertz CT molecular complexity index is 281. The molecule has 0 radical (unpaired) electrons. The van der Waals surface area contributed by atoms with Gasteiger partial charge in [0.2, 0.25) is 5.91 Å². The zero-order chi connectivity index (χ0) is 12.8. The number of carbonyl (C=O) groups excluding carboxylic acids is 1. The number of carboxylic acid groups (broad SMARTS) is 1. The Morgan fingerprint density at radius 3 is 2.65 bits per heavy atom. The summed E-state index contributed by atoms with van der Waals surface area (Å²) in [5.74, 6) is -1.45. The third kappa shape index (κ3) is 4.00. The Labute approximate surface area is 102 Å². The maximum atomic E-state index is 11.8. The van der Waals surface area contributed by atoms with Crippen molar-refractivity contribution in [2.24, 2.45) is 17.6 Å². The van der Waals surface area contributed by atoms with E-state index < -0.39 is 11.9 Å². The maximum absolute atomic E-state index is 11.8. The average Bonchev–Trinajstić information content (AvgIpc) is 2.29. The third-order valence-electron chi connectivity index (χ3n) is 3.46. The minimum absolute atomic E-state index is 0.0754. The van der Waals surface area contributed by atoms with Crippen molar-refractivity contribution in [1.82, 2.24) is 5.32 Å². The number of hydrogen-bond acceptors (Lipinski definition) is 3. The fourth-order valence-corrected chi connectivity index (χ4v) is 2.31. The van der Waals surface area contributed by atoms with Crippen molar-refractivity contribution < 1.29 is 14.7 Å². The number of amides is 1. The molecule has 0 heterocycles. The lowest BCUT2D eigenvalue weighted by atomic mass is 9.84. The van der Waals surface area contributed by atoms with Crippen molar-refractivity contribution in [3.05, 3.63) is 0 Å². The third-order valence-corrected chi connectivity index (χ3v) is 3.46. The standard InChI is InChI=1S/C12H22N2O3/c1-8(6-7-13)11(15)14-10-5-3-2-4-9(10)12(16)17/h8-10H,2-7,13H2,1H3,(H,14,15)(H,16,17). The predicted octanol–water partition coefficient (Wildman–Crippen LogP) is 0.731. The van der Waals surface area contributed by atoms with Crippen LogP contribution in [0.5, 0.6) is 0 Å². The van der Waals surface area contributed by atoms with Gasteiger partial charge in [0.15, 0.2) is 0 Å². The smallest absolute Gasteiger partial charge is 0.308 e. The van der Waals surface area contributed by atoms with E-state index in [9.17, 15) is 9.59 Å². The lowest BCUT2D eigenvalue weighted by Crippen LogP contribution is -2.46. The number of nitrogens with one attached hydrogen (secondary N) is 1. The van der Waals surface area contributed by atoms with Gasteiger partial charge in [-0.1, -0.05) is 19.8 Å². The van der Waals surface area contributed by atoms with Gasteiger partial charge in [-0.2, -0.15) is 0 Å². The quantitative estimate of drug-likeness (QED) is 0.662. The molecule has 5 nitrogen and oxygen atoms in total. The highest BCUT2D eigenvalue weighted by atomic mass is 16.4. The van der Waals surface area contributed by atoms with E-state index in [-0.39, 0.29) is 17.9 Å². The molecular formula is C12H22N2O3. The first-order valence-corrected chi connectivity index (χ1v) is 6.29. The van der Waals surface area contributed by atoms with E-state index in [1.165, 1.54) is 0 Å². The van der Waals surface area contributed by atoms with Crippen molar-refractivity contribution in [2.75, 3.05) is 6.54 Å². The minimum Gasteiger partial charge on any atom is -0.481 e. The number of aliphatic carboxylic acids is 1. The van der Waals surface area contributed by atoms with Crippen molar-refractivity contribution in [3.8, 4) is 0 Å². The minimum atomic E-state index is -0.804. The lowest BCUT2D eigenvalue weighted by Gasteiger charge is -2.30. The van der Waals surface area contributed by atoms with Gasteiger partial charge in [0.1, 0.15) is 0 Å². The van der Waals surface area contributed by atoms with E-state index >= 15 is 0 Å². The molecule has 0 aliphatic heterocycles. The van der Waals surface area contributed by atoms with E-state index in [1.807, 2.05) is 6.92 Å². The molecule has 5 heteroatoms. The molecule has 0 saturated heterocycles. The lowest BCUT2D eigenvalue weighted by molar-refractivity contribution is -0.144. The summed E-state index contributed by atoms with van der Waals surface area (Å²) in [5.41, 5.74) is 5.40. The van der Waals surface area contributed by atoms with E-state index in [2.05, 4.69) is 5.32 Å². The molecule has 0 aromatic rings. The van der Waals surface area contributed by atoms with Gasteiger partial charge in [-0.25, -0.2) is 0 Å². The molecule has 3 unspecified atom stereocenters. The van der Waals surface area contributed by atoms with Crippen LogP contribution in [0.2, 0.25) is 0 Å². The van der Waals surface area contributed by atoms with E-state index in [0.717, 1.165) is 19.3 Å². The second-order valence-corrected chi connectivity index (χ2v) is 4.82. The second kappa shape index (κ2) is 6.59. The molecule has 4 N–H and O–H groups in total. The highest BCUT2D eigenvalue weighted by molar-refractivity contribution is 5.80. The number of carboxylic acids is 1. The predicted molar refractivity (Wildman–Crippen MR) is 64.4 cm³/mol. The van der Waals surface area contributed by atoms with Gasteiger partial charge in [0.05, 0.1) is 5.92 Å². The molecular weight excluding hydrogens is 220 g/mol. The topological polar surface area (TPSA) is 92.4 Å². The molecule has 0 aromatic carbocycles. The molecule has 3 atom stereocenters. The number of hydrogen-bond donors (Lipinski definition) is 3. The number of nitrogens with two attached hydrogens (primary N) is 1. The fourth-order valence-electron chi connectivity index (χ4n) is 2.31. The van der Waals surface area contributed by atoms with Crippen LogP contribution in [-0.2, 0) is 9.59 Å². The molecule has 1 fully saturated rings. The van der Waals surface area contributed by atoms with Gasteiger partial charge in [0, 0.05) is 12.0 Å². The van der Waals surface area contributed by atoms with Crippen LogP contribution in [0, 0.1) is 11.8 Å². The summed E-state index contributed by atoms with van der Waals surface area (Å²) in [6, 6.07) is -0.214. The number of carbonyl (C=O) groups is 2. The molecule has 98 valence electrons. The summed E-state index contributed by atoms with van der Waals surface area (Å²) in [6.45, 7) is 2.29. The second-order valence-electron chi connectivity index (χ2n) is 4.82. The fraction of sp³-hybridized carbons (Fsp3) is 0.833. The molecule has 0 aromatic heterocycles. The molecule has 0 bridgehead atoms. The van der Waals surface area contributed by atoms with Gasteiger partial charge >= 0.3 is 5.97 Å². The zero-order valence-electron chi connectivity index (χ0n) is 10.3. The van der Waals surface area contributed by atoms with Crippen molar-refractivity contribution in [1.29, 1.82) is 0 Å². The van der Waals surface area contributed by atoms with E-state index in [0.29, 0.717) is 19.4 Å². The molecule has 17 heavy (non-hydrogen) atoms. The van der Waals surface area contributed by atoms with Crippen LogP contribution < -0.4 is 11.1 Å². The van der Waals surface area contributed by atoms with Crippen LogP contribution in [0.15, 0.2) is 0 Å². The Morgan fingerprint density at radius 1 is 1.41 bits per heavy atom. The summed E-state index contributed by atoms with van der Waals surface area (Å²) >= 11 is 0.